The van der Waals surface area contributed by atoms with Crippen molar-refractivity contribution < 1.29 is 9.59 Å². The van der Waals surface area contributed by atoms with Crippen LogP contribution in [0.2, 0.25) is 0 Å². The molecule has 0 aromatic heterocycles. The van der Waals surface area contributed by atoms with Gasteiger partial charge in [-0.1, -0.05) is 26.2 Å². The van der Waals surface area contributed by atoms with E-state index in [2.05, 4.69) is 12.2 Å². The fourth-order valence-electron chi connectivity index (χ4n) is 3.33. The lowest BCUT2D eigenvalue weighted by molar-refractivity contribution is -0.148. The summed E-state index contributed by atoms with van der Waals surface area (Å²) in [7, 11) is 0. The SMILES string of the molecule is CCSCCCN1C(=O)CNC(=O)C1C1CCCCC1. The summed E-state index contributed by atoms with van der Waals surface area (Å²) in [5.41, 5.74) is 0. The number of amides is 2. The van der Waals surface area contributed by atoms with Crippen molar-refractivity contribution in [2.45, 2.75) is 51.5 Å². The minimum absolute atomic E-state index is 0.0691. The Morgan fingerprint density at radius 1 is 1.25 bits per heavy atom. The Hall–Kier alpha value is -0.710. The second-order valence-corrected chi connectivity index (χ2v) is 7.09. The van der Waals surface area contributed by atoms with Crippen LogP contribution in [-0.4, -0.2) is 47.4 Å². The van der Waals surface area contributed by atoms with E-state index in [0.29, 0.717) is 5.92 Å². The number of rotatable bonds is 6. The van der Waals surface area contributed by atoms with Gasteiger partial charge in [-0.05, 0) is 36.7 Å². The van der Waals surface area contributed by atoms with Crippen molar-refractivity contribution in [1.82, 2.24) is 10.2 Å². The largest absolute Gasteiger partial charge is 0.345 e. The lowest BCUT2D eigenvalue weighted by Crippen LogP contribution is -2.61. The Balaban J connectivity index is 1.98. The van der Waals surface area contributed by atoms with Gasteiger partial charge in [0.2, 0.25) is 11.8 Å². The molecule has 1 saturated heterocycles. The number of hydrogen-bond acceptors (Lipinski definition) is 3. The van der Waals surface area contributed by atoms with E-state index in [1.54, 1.807) is 0 Å². The van der Waals surface area contributed by atoms with Crippen LogP contribution in [0, 0.1) is 5.92 Å². The lowest BCUT2D eigenvalue weighted by Gasteiger charge is -2.40. The Labute approximate surface area is 126 Å². The summed E-state index contributed by atoms with van der Waals surface area (Å²) in [6.07, 6.45) is 6.83. The molecule has 5 heteroatoms. The zero-order chi connectivity index (χ0) is 14.4. The monoisotopic (exact) mass is 298 g/mol. The maximum absolute atomic E-state index is 12.2. The van der Waals surface area contributed by atoms with E-state index in [4.69, 9.17) is 0 Å². The van der Waals surface area contributed by atoms with Gasteiger partial charge in [-0.25, -0.2) is 0 Å². The molecule has 1 aliphatic heterocycles. The predicted octanol–water partition coefficient (Wildman–Crippen LogP) is 2.04. The van der Waals surface area contributed by atoms with Gasteiger partial charge in [-0.3, -0.25) is 9.59 Å². The minimum Gasteiger partial charge on any atom is -0.345 e. The van der Waals surface area contributed by atoms with Crippen molar-refractivity contribution in [3.05, 3.63) is 0 Å². The number of hydrogen-bond donors (Lipinski definition) is 1. The zero-order valence-electron chi connectivity index (χ0n) is 12.4. The molecule has 1 atom stereocenters. The molecule has 0 bridgehead atoms. The van der Waals surface area contributed by atoms with Gasteiger partial charge in [0.1, 0.15) is 6.04 Å². The van der Waals surface area contributed by atoms with E-state index in [1.165, 1.54) is 19.3 Å². The van der Waals surface area contributed by atoms with Crippen LogP contribution in [0.25, 0.3) is 0 Å². The highest BCUT2D eigenvalue weighted by molar-refractivity contribution is 7.99. The molecule has 0 aromatic carbocycles. The molecule has 4 nitrogen and oxygen atoms in total. The van der Waals surface area contributed by atoms with Gasteiger partial charge in [-0.2, -0.15) is 11.8 Å². The molecule has 0 spiro atoms. The number of piperazine rings is 1. The maximum atomic E-state index is 12.2. The Kier molecular flexibility index (Phi) is 6.20. The number of nitrogens with zero attached hydrogens (tertiary/aromatic N) is 1. The van der Waals surface area contributed by atoms with Crippen LogP contribution in [0.3, 0.4) is 0 Å². The summed E-state index contributed by atoms with van der Waals surface area (Å²) in [5.74, 6) is 2.72. The summed E-state index contributed by atoms with van der Waals surface area (Å²) >= 11 is 1.90. The second-order valence-electron chi connectivity index (χ2n) is 5.70. The molecule has 1 N–H and O–H groups in total. The Morgan fingerprint density at radius 2 is 2.00 bits per heavy atom. The Bertz CT molecular complexity index is 343. The highest BCUT2D eigenvalue weighted by atomic mass is 32.2. The van der Waals surface area contributed by atoms with E-state index in [0.717, 1.165) is 37.3 Å². The Morgan fingerprint density at radius 3 is 2.70 bits per heavy atom. The normalized spacial score (nSPS) is 24.9. The molecule has 20 heavy (non-hydrogen) atoms. The number of carbonyl (C=O) groups is 2. The van der Waals surface area contributed by atoms with Gasteiger partial charge < -0.3 is 10.2 Å². The number of nitrogens with one attached hydrogen (secondary N) is 1. The maximum Gasteiger partial charge on any atom is 0.243 e. The van der Waals surface area contributed by atoms with Gasteiger partial charge in [0.25, 0.3) is 0 Å². The van der Waals surface area contributed by atoms with Crippen LogP contribution in [-0.2, 0) is 9.59 Å². The van der Waals surface area contributed by atoms with Gasteiger partial charge >= 0.3 is 0 Å². The molecule has 1 saturated carbocycles. The molecule has 0 aromatic rings. The third-order valence-corrected chi connectivity index (χ3v) is 5.31. The van der Waals surface area contributed by atoms with Crippen molar-refractivity contribution in [3.8, 4) is 0 Å². The van der Waals surface area contributed by atoms with Crippen molar-refractivity contribution >= 4 is 23.6 Å². The van der Waals surface area contributed by atoms with Gasteiger partial charge in [-0.15, -0.1) is 0 Å². The van der Waals surface area contributed by atoms with Crippen molar-refractivity contribution in [2.75, 3.05) is 24.6 Å². The standard InChI is InChI=1S/C15H26N2O2S/c1-2-20-10-6-9-17-13(18)11-16-15(19)14(17)12-7-4-3-5-8-12/h12,14H,2-11H2,1H3,(H,16,19). The molecule has 1 heterocycles. The third-order valence-electron chi connectivity index (χ3n) is 4.33. The fourth-order valence-corrected chi connectivity index (χ4v) is 3.95. The fraction of sp³-hybridized carbons (Fsp3) is 0.867. The van der Waals surface area contributed by atoms with Gasteiger partial charge in [0.05, 0.1) is 6.54 Å². The van der Waals surface area contributed by atoms with E-state index in [9.17, 15) is 9.59 Å². The quantitative estimate of drug-likeness (QED) is 0.763. The number of carbonyl (C=O) groups excluding carboxylic acids is 2. The topological polar surface area (TPSA) is 49.4 Å². The first-order valence-electron chi connectivity index (χ1n) is 7.89. The van der Waals surface area contributed by atoms with Crippen LogP contribution in [0.5, 0.6) is 0 Å². The third kappa shape index (κ3) is 3.90. The molecule has 0 radical (unpaired) electrons. The van der Waals surface area contributed by atoms with Gasteiger partial charge in [0.15, 0.2) is 0 Å². The zero-order valence-corrected chi connectivity index (χ0v) is 13.2. The summed E-state index contributed by atoms with van der Waals surface area (Å²) in [5, 5.41) is 2.78. The van der Waals surface area contributed by atoms with Crippen LogP contribution < -0.4 is 5.32 Å². The number of thioether (sulfide) groups is 1. The highest BCUT2D eigenvalue weighted by Crippen LogP contribution is 2.30. The first-order chi connectivity index (χ1) is 9.74. The highest BCUT2D eigenvalue weighted by Gasteiger charge is 2.39. The minimum atomic E-state index is -0.205. The van der Waals surface area contributed by atoms with E-state index in [1.807, 2.05) is 16.7 Å². The molecule has 1 unspecified atom stereocenters. The van der Waals surface area contributed by atoms with Gasteiger partial charge in [0, 0.05) is 6.54 Å². The van der Waals surface area contributed by atoms with Crippen LogP contribution >= 0.6 is 11.8 Å². The van der Waals surface area contributed by atoms with Crippen molar-refractivity contribution in [3.63, 3.8) is 0 Å². The molecule has 1 aliphatic carbocycles. The molecule has 2 fully saturated rings. The molecule has 2 rings (SSSR count). The molecular formula is C15H26N2O2S. The smallest absolute Gasteiger partial charge is 0.243 e. The van der Waals surface area contributed by atoms with E-state index >= 15 is 0 Å². The van der Waals surface area contributed by atoms with Crippen LogP contribution in [0.4, 0.5) is 0 Å². The first-order valence-corrected chi connectivity index (χ1v) is 9.04. The summed E-state index contributed by atoms with van der Waals surface area (Å²) in [6.45, 7) is 3.07. The average Bonchev–Trinajstić information content (AvgIpc) is 2.48. The lowest BCUT2D eigenvalue weighted by atomic mass is 9.82. The first kappa shape index (κ1) is 15.7. The van der Waals surface area contributed by atoms with E-state index in [-0.39, 0.29) is 24.4 Å². The summed E-state index contributed by atoms with van der Waals surface area (Å²) < 4.78 is 0. The molecule has 2 aliphatic rings. The average molecular weight is 298 g/mol. The van der Waals surface area contributed by atoms with E-state index < -0.39 is 0 Å². The second kappa shape index (κ2) is 7.91. The van der Waals surface area contributed by atoms with Crippen LogP contribution in [0.1, 0.15) is 45.4 Å². The molecular weight excluding hydrogens is 272 g/mol. The molecule has 2 amide bonds. The van der Waals surface area contributed by atoms with Crippen molar-refractivity contribution in [1.29, 1.82) is 0 Å². The van der Waals surface area contributed by atoms with Crippen LogP contribution in [0.15, 0.2) is 0 Å². The van der Waals surface area contributed by atoms with Crippen molar-refractivity contribution in [2.24, 2.45) is 5.92 Å². The summed E-state index contributed by atoms with van der Waals surface area (Å²) in [6, 6.07) is -0.205. The predicted molar refractivity (Wildman–Crippen MR) is 82.7 cm³/mol. The molecule has 114 valence electrons. The summed E-state index contributed by atoms with van der Waals surface area (Å²) in [4.78, 5) is 26.3.